The molecule has 3 rings (SSSR count). The summed E-state index contributed by atoms with van der Waals surface area (Å²) in [5, 5.41) is 3.12. The van der Waals surface area contributed by atoms with Crippen molar-refractivity contribution in [1.82, 2.24) is 20.1 Å². The summed E-state index contributed by atoms with van der Waals surface area (Å²) < 4.78 is 0. The van der Waals surface area contributed by atoms with Gasteiger partial charge in [-0.15, -0.1) is 0 Å². The summed E-state index contributed by atoms with van der Waals surface area (Å²) in [7, 11) is 1.49. The molecule has 2 aromatic rings. The number of halogens is 2. The van der Waals surface area contributed by atoms with Gasteiger partial charge in [-0.2, -0.15) is 0 Å². The standard InChI is InChI=1S/C21H22Cl2N4O3/c1-24-19(28)11-17-21(30)27(18(23)10-14-2-4-16(22)5-3-14)13-20(29)26(17)12-15-6-8-25-9-7-15/h2-9,17-18H,10-13H2,1H3,(H,24,28). The molecule has 1 fully saturated rings. The van der Waals surface area contributed by atoms with Crippen molar-refractivity contribution in [2.75, 3.05) is 13.6 Å². The number of carbonyl (C=O) groups is 3. The molecule has 7 nitrogen and oxygen atoms in total. The quantitative estimate of drug-likeness (QED) is 0.519. The van der Waals surface area contributed by atoms with Gasteiger partial charge in [0.15, 0.2) is 0 Å². The van der Waals surface area contributed by atoms with Crippen LogP contribution in [0.15, 0.2) is 48.8 Å². The maximum Gasteiger partial charge on any atom is 0.247 e. The van der Waals surface area contributed by atoms with E-state index in [1.165, 1.54) is 16.8 Å². The highest BCUT2D eigenvalue weighted by molar-refractivity contribution is 6.30. The predicted molar refractivity (Wildman–Crippen MR) is 114 cm³/mol. The second-order valence-corrected chi connectivity index (χ2v) is 7.94. The summed E-state index contributed by atoms with van der Waals surface area (Å²) in [5.41, 5.74) is 0.990. The molecule has 30 heavy (non-hydrogen) atoms. The zero-order valence-corrected chi connectivity index (χ0v) is 17.9. The number of benzene rings is 1. The largest absolute Gasteiger partial charge is 0.359 e. The first-order valence-corrected chi connectivity index (χ1v) is 10.3. The molecule has 2 atom stereocenters. The van der Waals surface area contributed by atoms with Crippen LogP contribution in [0.5, 0.6) is 0 Å². The van der Waals surface area contributed by atoms with Crippen LogP contribution in [0.25, 0.3) is 0 Å². The summed E-state index contributed by atoms with van der Waals surface area (Å²) in [6.45, 7) is 0.0721. The normalized spacial score (nSPS) is 17.8. The highest BCUT2D eigenvalue weighted by Gasteiger charge is 2.42. The van der Waals surface area contributed by atoms with Gasteiger partial charge in [0.1, 0.15) is 18.1 Å². The average molecular weight is 449 g/mol. The lowest BCUT2D eigenvalue weighted by molar-refractivity contribution is -0.158. The molecule has 0 aliphatic carbocycles. The Balaban J connectivity index is 1.80. The van der Waals surface area contributed by atoms with Crippen LogP contribution in [-0.2, 0) is 27.3 Å². The fraction of sp³-hybridized carbons (Fsp3) is 0.333. The molecule has 1 N–H and O–H groups in total. The zero-order valence-electron chi connectivity index (χ0n) is 16.4. The van der Waals surface area contributed by atoms with E-state index in [0.717, 1.165) is 11.1 Å². The topological polar surface area (TPSA) is 82.6 Å². The molecule has 1 saturated heterocycles. The molecular formula is C21H22Cl2N4O3. The number of amides is 3. The van der Waals surface area contributed by atoms with E-state index in [2.05, 4.69) is 10.3 Å². The molecule has 1 aliphatic rings. The first-order valence-electron chi connectivity index (χ1n) is 9.47. The zero-order chi connectivity index (χ0) is 21.7. The van der Waals surface area contributed by atoms with E-state index in [1.807, 2.05) is 12.1 Å². The van der Waals surface area contributed by atoms with Crippen molar-refractivity contribution in [2.24, 2.45) is 0 Å². The van der Waals surface area contributed by atoms with Gasteiger partial charge in [-0.1, -0.05) is 35.3 Å². The third-order valence-corrected chi connectivity index (χ3v) is 5.63. The van der Waals surface area contributed by atoms with Crippen LogP contribution in [-0.4, -0.2) is 57.6 Å². The van der Waals surface area contributed by atoms with Crippen LogP contribution in [0, 0.1) is 0 Å². The Bertz CT molecular complexity index is 908. The van der Waals surface area contributed by atoms with Crippen LogP contribution in [0.3, 0.4) is 0 Å². The summed E-state index contributed by atoms with van der Waals surface area (Å²) in [5.74, 6) is -0.935. The van der Waals surface area contributed by atoms with Gasteiger partial charge in [0.05, 0.1) is 6.42 Å². The molecule has 158 valence electrons. The third kappa shape index (κ3) is 5.29. The summed E-state index contributed by atoms with van der Waals surface area (Å²) in [4.78, 5) is 45.0. The average Bonchev–Trinajstić information content (AvgIpc) is 2.75. The fourth-order valence-electron chi connectivity index (χ4n) is 3.33. The Morgan fingerprint density at radius 1 is 1.17 bits per heavy atom. The summed E-state index contributed by atoms with van der Waals surface area (Å²) >= 11 is 12.4. The molecule has 0 radical (unpaired) electrons. The minimum atomic E-state index is -0.925. The number of piperazine rings is 1. The Labute approximate surface area is 185 Å². The molecule has 0 bridgehead atoms. The maximum absolute atomic E-state index is 13.2. The van der Waals surface area contributed by atoms with E-state index in [9.17, 15) is 14.4 Å². The van der Waals surface area contributed by atoms with E-state index in [4.69, 9.17) is 23.2 Å². The van der Waals surface area contributed by atoms with Gasteiger partial charge in [-0.3, -0.25) is 19.4 Å². The van der Waals surface area contributed by atoms with Gasteiger partial charge < -0.3 is 15.1 Å². The molecule has 1 aromatic carbocycles. The van der Waals surface area contributed by atoms with Crippen LogP contribution in [0.2, 0.25) is 5.02 Å². The van der Waals surface area contributed by atoms with E-state index < -0.39 is 11.5 Å². The molecule has 9 heteroatoms. The summed E-state index contributed by atoms with van der Waals surface area (Å²) in [6.07, 6.45) is 3.46. The number of nitrogens with one attached hydrogen (secondary N) is 1. The number of nitrogens with zero attached hydrogens (tertiary/aromatic N) is 3. The molecule has 1 aliphatic heterocycles. The molecular weight excluding hydrogens is 427 g/mol. The van der Waals surface area contributed by atoms with Crippen LogP contribution < -0.4 is 5.32 Å². The Kier molecular flexibility index (Phi) is 7.29. The van der Waals surface area contributed by atoms with Gasteiger partial charge in [0.2, 0.25) is 17.7 Å². The number of rotatable bonds is 7. The number of hydrogen-bond donors (Lipinski definition) is 1. The van der Waals surface area contributed by atoms with Crippen LogP contribution in [0.1, 0.15) is 17.5 Å². The number of pyridine rings is 1. The van der Waals surface area contributed by atoms with Crippen molar-refractivity contribution in [3.05, 3.63) is 64.9 Å². The van der Waals surface area contributed by atoms with E-state index in [-0.39, 0.29) is 37.2 Å². The number of carbonyl (C=O) groups excluding carboxylic acids is 3. The molecule has 3 amide bonds. The molecule has 0 saturated carbocycles. The molecule has 2 heterocycles. The molecule has 0 spiro atoms. The first-order chi connectivity index (χ1) is 14.4. The van der Waals surface area contributed by atoms with E-state index in [1.54, 1.807) is 36.7 Å². The van der Waals surface area contributed by atoms with Crippen molar-refractivity contribution in [3.63, 3.8) is 0 Å². The third-order valence-electron chi connectivity index (χ3n) is 4.99. The van der Waals surface area contributed by atoms with E-state index in [0.29, 0.717) is 11.4 Å². The Morgan fingerprint density at radius 3 is 2.47 bits per heavy atom. The van der Waals surface area contributed by atoms with E-state index >= 15 is 0 Å². The lowest BCUT2D eigenvalue weighted by Gasteiger charge is -2.41. The highest BCUT2D eigenvalue weighted by atomic mass is 35.5. The van der Waals surface area contributed by atoms with Gasteiger partial charge in [-0.25, -0.2) is 0 Å². The smallest absolute Gasteiger partial charge is 0.247 e. The minimum Gasteiger partial charge on any atom is -0.359 e. The van der Waals surface area contributed by atoms with Crippen molar-refractivity contribution < 1.29 is 14.4 Å². The van der Waals surface area contributed by atoms with Crippen molar-refractivity contribution in [1.29, 1.82) is 0 Å². The Hall–Kier alpha value is -2.64. The highest BCUT2D eigenvalue weighted by Crippen LogP contribution is 2.24. The Morgan fingerprint density at radius 2 is 1.83 bits per heavy atom. The van der Waals surface area contributed by atoms with Gasteiger partial charge in [0, 0.05) is 37.4 Å². The number of alkyl halides is 1. The lowest BCUT2D eigenvalue weighted by Crippen LogP contribution is -2.62. The predicted octanol–water partition coefficient (Wildman–Crippen LogP) is 2.22. The number of hydrogen-bond acceptors (Lipinski definition) is 4. The number of aromatic nitrogens is 1. The van der Waals surface area contributed by atoms with Gasteiger partial charge in [-0.05, 0) is 35.4 Å². The summed E-state index contributed by atoms with van der Waals surface area (Å²) in [6, 6.07) is 9.75. The van der Waals surface area contributed by atoms with Crippen molar-refractivity contribution in [2.45, 2.75) is 30.9 Å². The second-order valence-electron chi connectivity index (χ2n) is 7.00. The first kappa shape index (κ1) is 22.1. The van der Waals surface area contributed by atoms with Crippen molar-refractivity contribution in [3.8, 4) is 0 Å². The van der Waals surface area contributed by atoms with Crippen LogP contribution in [0.4, 0.5) is 0 Å². The van der Waals surface area contributed by atoms with Crippen molar-refractivity contribution >= 4 is 40.9 Å². The second kappa shape index (κ2) is 9.91. The molecule has 1 aromatic heterocycles. The van der Waals surface area contributed by atoms with Crippen LogP contribution >= 0.6 is 23.2 Å². The SMILES string of the molecule is CNC(=O)CC1C(=O)N(C(Cl)Cc2ccc(Cl)cc2)CC(=O)N1Cc1ccncc1. The fourth-order valence-corrected chi connectivity index (χ4v) is 3.80. The van der Waals surface area contributed by atoms with Gasteiger partial charge in [0.25, 0.3) is 0 Å². The van der Waals surface area contributed by atoms with Gasteiger partial charge >= 0.3 is 0 Å². The minimum absolute atomic E-state index is 0.132. The molecule has 2 unspecified atom stereocenters. The maximum atomic E-state index is 13.2. The lowest BCUT2D eigenvalue weighted by atomic mass is 10.0. The monoisotopic (exact) mass is 448 g/mol.